The van der Waals surface area contributed by atoms with Crippen LogP contribution in [0.2, 0.25) is 0 Å². The molecule has 2 aliphatic rings. The molecule has 1 spiro atoms. The van der Waals surface area contributed by atoms with Crippen molar-refractivity contribution in [3.63, 3.8) is 0 Å². The lowest BCUT2D eigenvalue weighted by Crippen LogP contribution is -2.65. The zero-order chi connectivity index (χ0) is 17.3. The molecule has 0 amide bonds. The molecule has 1 atom stereocenters. The Morgan fingerprint density at radius 1 is 1.44 bits per heavy atom. The van der Waals surface area contributed by atoms with Crippen molar-refractivity contribution in [3.8, 4) is 0 Å². The van der Waals surface area contributed by atoms with E-state index in [0.29, 0.717) is 6.61 Å². The normalized spacial score (nSPS) is 23.0. The number of rotatable bonds is 6. The molecule has 0 saturated carbocycles. The first-order valence-electron chi connectivity index (χ1n) is 9.04. The highest BCUT2D eigenvalue weighted by Gasteiger charge is 2.47. The average Bonchev–Trinajstić information content (AvgIpc) is 3.21. The van der Waals surface area contributed by atoms with Gasteiger partial charge >= 0.3 is 0 Å². The molecule has 4 rings (SSSR count). The van der Waals surface area contributed by atoms with Gasteiger partial charge in [-0.2, -0.15) is 5.10 Å². The smallest absolute Gasteiger partial charge is 0.0959 e. The van der Waals surface area contributed by atoms with Gasteiger partial charge < -0.3 is 9.47 Å². The van der Waals surface area contributed by atoms with Crippen LogP contribution in [0.4, 0.5) is 0 Å². The predicted molar refractivity (Wildman–Crippen MR) is 96.5 cm³/mol. The van der Waals surface area contributed by atoms with Crippen LogP contribution in [0.3, 0.4) is 0 Å². The van der Waals surface area contributed by atoms with Crippen molar-refractivity contribution < 1.29 is 9.47 Å². The maximum absolute atomic E-state index is 6.13. The van der Waals surface area contributed by atoms with Crippen LogP contribution in [0.15, 0.2) is 17.8 Å². The third kappa shape index (κ3) is 3.95. The Bertz CT molecular complexity index is 708. The molecule has 7 heteroatoms. The number of likely N-dealkylation sites (tertiary alicyclic amines) is 1. The zero-order valence-electron chi connectivity index (χ0n) is 15.0. The van der Waals surface area contributed by atoms with Gasteiger partial charge in [-0.3, -0.25) is 9.58 Å². The van der Waals surface area contributed by atoms with Crippen LogP contribution in [0.1, 0.15) is 36.0 Å². The Hall–Kier alpha value is -1.28. The van der Waals surface area contributed by atoms with Crippen molar-refractivity contribution in [1.82, 2.24) is 19.7 Å². The van der Waals surface area contributed by atoms with Crippen molar-refractivity contribution in [2.75, 3.05) is 19.7 Å². The molecular weight excluding hydrogens is 336 g/mol. The first kappa shape index (κ1) is 17.1. The Kier molecular flexibility index (Phi) is 4.90. The third-order valence-corrected chi connectivity index (χ3v) is 5.84. The van der Waals surface area contributed by atoms with Crippen LogP contribution in [-0.2, 0) is 29.2 Å². The molecule has 2 aromatic heterocycles. The van der Waals surface area contributed by atoms with Crippen LogP contribution in [0.5, 0.6) is 0 Å². The minimum atomic E-state index is -0.0122. The van der Waals surface area contributed by atoms with E-state index in [9.17, 15) is 0 Å². The van der Waals surface area contributed by atoms with Crippen molar-refractivity contribution in [2.24, 2.45) is 0 Å². The Morgan fingerprint density at radius 3 is 3.04 bits per heavy atom. The van der Waals surface area contributed by atoms with Gasteiger partial charge in [-0.25, -0.2) is 4.98 Å². The Morgan fingerprint density at radius 2 is 2.32 bits per heavy atom. The summed E-state index contributed by atoms with van der Waals surface area (Å²) in [7, 11) is 0. The lowest BCUT2D eigenvalue weighted by atomic mass is 9.84. The maximum Gasteiger partial charge on any atom is 0.0959 e. The SMILES string of the molecule is CCn1cc(CN2CC3(C[C@@H](OCc4csc(C)n4)CCO3)C2)cn1. The summed E-state index contributed by atoms with van der Waals surface area (Å²) < 4.78 is 14.2. The lowest BCUT2D eigenvalue weighted by molar-refractivity contribution is -0.200. The summed E-state index contributed by atoms with van der Waals surface area (Å²) in [4.78, 5) is 6.91. The van der Waals surface area contributed by atoms with Gasteiger partial charge in [-0.05, 0) is 20.3 Å². The van der Waals surface area contributed by atoms with Crippen molar-refractivity contribution in [3.05, 3.63) is 34.0 Å². The summed E-state index contributed by atoms with van der Waals surface area (Å²) in [5.74, 6) is 0. The highest BCUT2D eigenvalue weighted by atomic mass is 32.1. The molecule has 0 aromatic carbocycles. The molecule has 0 N–H and O–H groups in total. The van der Waals surface area contributed by atoms with E-state index in [4.69, 9.17) is 9.47 Å². The average molecular weight is 362 g/mol. The molecule has 0 bridgehead atoms. The fourth-order valence-corrected chi connectivity index (χ4v) is 4.42. The highest BCUT2D eigenvalue weighted by molar-refractivity contribution is 7.09. The summed E-state index contributed by atoms with van der Waals surface area (Å²) in [5.41, 5.74) is 2.31. The highest BCUT2D eigenvalue weighted by Crippen LogP contribution is 2.36. The molecule has 2 aliphatic heterocycles. The van der Waals surface area contributed by atoms with Crippen molar-refractivity contribution in [1.29, 1.82) is 0 Å². The van der Waals surface area contributed by atoms with Crippen molar-refractivity contribution in [2.45, 2.75) is 58.1 Å². The molecule has 0 aliphatic carbocycles. The first-order valence-corrected chi connectivity index (χ1v) is 9.92. The third-order valence-electron chi connectivity index (χ3n) is 5.02. The molecule has 0 radical (unpaired) electrons. The van der Waals surface area contributed by atoms with E-state index in [1.165, 1.54) is 5.56 Å². The minimum Gasteiger partial charge on any atom is -0.372 e. The number of nitrogens with zero attached hydrogens (tertiary/aromatic N) is 4. The standard InChI is InChI=1S/C18H26N4O2S/c1-3-22-9-15(7-19-22)8-21-12-18(13-21)6-17(4-5-24-18)23-10-16-11-25-14(2)20-16/h7,9,11,17H,3-6,8,10,12-13H2,1-2H3/t17-/m0/s1. The zero-order valence-corrected chi connectivity index (χ0v) is 15.8. The number of aryl methyl sites for hydroxylation is 2. The van der Waals surface area contributed by atoms with E-state index in [1.807, 2.05) is 17.8 Å². The lowest BCUT2D eigenvalue weighted by Gasteiger charge is -2.53. The Labute approximate surface area is 152 Å². The Balaban J connectivity index is 1.25. The van der Waals surface area contributed by atoms with Gasteiger partial charge in [-0.15, -0.1) is 11.3 Å². The van der Waals surface area contributed by atoms with Crippen LogP contribution in [0, 0.1) is 6.92 Å². The largest absolute Gasteiger partial charge is 0.372 e. The van der Waals surface area contributed by atoms with E-state index < -0.39 is 0 Å². The maximum atomic E-state index is 6.13. The first-order chi connectivity index (χ1) is 12.1. The van der Waals surface area contributed by atoms with Crippen LogP contribution in [-0.4, -0.2) is 51.1 Å². The molecular formula is C18H26N4O2S. The number of thiazole rings is 1. The van der Waals surface area contributed by atoms with Crippen molar-refractivity contribution >= 4 is 11.3 Å². The van der Waals surface area contributed by atoms with E-state index in [-0.39, 0.29) is 11.7 Å². The summed E-state index contributed by atoms with van der Waals surface area (Å²) in [6.07, 6.45) is 6.35. The summed E-state index contributed by atoms with van der Waals surface area (Å²) in [5, 5.41) is 7.54. The second-order valence-corrected chi connectivity index (χ2v) is 8.23. The molecule has 2 saturated heterocycles. The van der Waals surface area contributed by atoms with Gasteiger partial charge in [-0.1, -0.05) is 0 Å². The van der Waals surface area contributed by atoms with Gasteiger partial charge in [0.25, 0.3) is 0 Å². The number of ether oxygens (including phenoxy) is 2. The monoisotopic (exact) mass is 362 g/mol. The van der Waals surface area contributed by atoms with Crippen LogP contribution >= 0.6 is 11.3 Å². The second-order valence-electron chi connectivity index (χ2n) is 7.16. The second kappa shape index (κ2) is 7.15. The quantitative estimate of drug-likeness (QED) is 0.791. The molecule has 2 fully saturated rings. The summed E-state index contributed by atoms with van der Waals surface area (Å²) in [6.45, 7) is 9.40. The van der Waals surface area contributed by atoms with Gasteiger partial charge in [0.05, 0.1) is 35.2 Å². The number of hydrogen-bond donors (Lipinski definition) is 0. The molecule has 2 aromatic rings. The molecule has 136 valence electrons. The van der Waals surface area contributed by atoms with Crippen LogP contribution in [0.25, 0.3) is 0 Å². The van der Waals surface area contributed by atoms with Gasteiger partial charge in [0, 0.05) is 56.3 Å². The molecule has 0 unspecified atom stereocenters. The molecule has 6 nitrogen and oxygen atoms in total. The number of aromatic nitrogens is 3. The van der Waals surface area contributed by atoms with Crippen LogP contribution < -0.4 is 0 Å². The van der Waals surface area contributed by atoms with Gasteiger partial charge in [0.15, 0.2) is 0 Å². The van der Waals surface area contributed by atoms with Gasteiger partial charge in [0.2, 0.25) is 0 Å². The van der Waals surface area contributed by atoms with Gasteiger partial charge in [0.1, 0.15) is 0 Å². The van der Waals surface area contributed by atoms with E-state index in [1.54, 1.807) is 11.3 Å². The fourth-order valence-electron chi connectivity index (χ4n) is 3.82. The number of hydrogen-bond acceptors (Lipinski definition) is 6. The minimum absolute atomic E-state index is 0.0122. The topological polar surface area (TPSA) is 52.4 Å². The summed E-state index contributed by atoms with van der Waals surface area (Å²) >= 11 is 1.68. The van der Waals surface area contributed by atoms with E-state index in [2.05, 4.69) is 33.5 Å². The van der Waals surface area contributed by atoms with E-state index in [0.717, 1.165) is 56.3 Å². The molecule has 25 heavy (non-hydrogen) atoms. The molecule has 4 heterocycles. The van der Waals surface area contributed by atoms with E-state index >= 15 is 0 Å². The fraction of sp³-hybridized carbons (Fsp3) is 0.667. The summed E-state index contributed by atoms with van der Waals surface area (Å²) in [6, 6.07) is 0. The predicted octanol–water partition coefficient (Wildman–Crippen LogP) is 2.62.